The van der Waals surface area contributed by atoms with Crippen LogP contribution in [0.15, 0.2) is 22.7 Å². The average Bonchev–Trinajstić information content (AvgIpc) is 2.29. The van der Waals surface area contributed by atoms with E-state index in [9.17, 15) is 9.90 Å². The van der Waals surface area contributed by atoms with Gasteiger partial charge in [-0.3, -0.25) is 4.79 Å². The summed E-state index contributed by atoms with van der Waals surface area (Å²) in [6, 6.07) is 5.68. The van der Waals surface area contributed by atoms with E-state index in [2.05, 4.69) is 26.6 Å². The van der Waals surface area contributed by atoms with Gasteiger partial charge in [-0.05, 0) is 35.8 Å². The molecule has 0 aliphatic carbocycles. The van der Waals surface area contributed by atoms with Crippen LogP contribution < -0.4 is 10.6 Å². The second-order valence-electron chi connectivity index (χ2n) is 4.40. The molecule has 0 aromatic heterocycles. The quantitative estimate of drug-likeness (QED) is 0.705. The number of amides is 1. The van der Waals surface area contributed by atoms with Crippen molar-refractivity contribution in [1.82, 2.24) is 10.6 Å². The number of benzene rings is 1. The number of phenolic OH excluding ortho intramolecular Hbond substituents is 1. The van der Waals surface area contributed by atoms with Crippen LogP contribution in [0.25, 0.3) is 0 Å². The molecule has 4 nitrogen and oxygen atoms in total. The first-order chi connectivity index (χ1) is 8.50. The molecular weight excluding hydrogens is 296 g/mol. The molecule has 1 rings (SSSR count). The number of rotatable bonds is 6. The zero-order chi connectivity index (χ0) is 13.5. The Balaban J connectivity index is 2.30. The highest BCUT2D eigenvalue weighted by molar-refractivity contribution is 9.10. The van der Waals surface area contributed by atoms with Crippen LogP contribution in [0.3, 0.4) is 0 Å². The third-order valence-electron chi connectivity index (χ3n) is 2.36. The molecule has 1 aromatic carbocycles. The molecule has 0 saturated heterocycles. The Labute approximate surface area is 116 Å². The zero-order valence-corrected chi connectivity index (χ0v) is 12.3. The summed E-state index contributed by atoms with van der Waals surface area (Å²) < 4.78 is 0.680. The fourth-order valence-corrected chi connectivity index (χ4v) is 1.93. The van der Waals surface area contributed by atoms with Crippen molar-refractivity contribution in [2.24, 2.45) is 0 Å². The number of phenols is 1. The molecule has 0 fully saturated rings. The lowest BCUT2D eigenvalue weighted by molar-refractivity contribution is -0.121. The van der Waals surface area contributed by atoms with E-state index < -0.39 is 0 Å². The molecule has 0 heterocycles. The van der Waals surface area contributed by atoms with Gasteiger partial charge in [0.15, 0.2) is 0 Å². The highest BCUT2D eigenvalue weighted by atomic mass is 79.9. The Hall–Kier alpha value is -1.07. The summed E-state index contributed by atoms with van der Waals surface area (Å²) in [6.45, 7) is 5.00. The Morgan fingerprint density at radius 3 is 2.83 bits per heavy atom. The first-order valence-corrected chi connectivity index (χ1v) is 6.76. The number of carbonyl (C=O) groups excluding carboxylic acids is 1. The summed E-state index contributed by atoms with van der Waals surface area (Å²) in [5.41, 5.74) is 0.814. The summed E-state index contributed by atoms with van der Waals surface area (Å²) in [6.07, 6.45) is 0.437. The summed E-state index contributed by atoms with van der Waals surface area (Å²) in [7, 11) is 0. The highest BCUT2D eigenvalue weighted by Crippen LogP contribution is 2.26. The molecule has 0 saturated carbocycles. The normalized spacial score (nSPS) is 10.7. The molecular formula is C13H19BrN2O2. The number of hydrogen-bond donors (Lipinski definition) is 3. The van der Waals surface area contributed by atoms with E-state index in [1.54, 1.807) is 6.07 Å². The van der Waals surface area contributed by atoms with E-state index in [1.165, 1.54) is 0 Å². The molecule has 0 atom stereocenters. The van der Waals surface area contributed by atoms with Crippen molar-refractivity contribution in [3.63, 3.8) is 0 Å². The molecule has 0 radical (unpaired) electrons. The van der Waals surface area contributed by atoms with Gasteiger partial charge in [0, 0.05) is 31.1 Å². The van der Waals surface area contributed by atoms with Crippen LogP contribution in [0.2, 0.25) is 0 Å². The fraction of sp³-hybridized carbons (Fsp3) is 0.462. The van der Waals surface area contributed by atoms with Gasteiger partial charge in [-0.15, -0.1) is 0 Å². The number of aromatic hydroxyl groups is 1. The predicted molar refractivity (Wildman–Crippen MR) is 75.4 cm³/mol. The van der Waals surface area contributed by atoms with Crippen molar-refractivity contribution in [3.8, 4) is 5.75 Å². The van der Waals surface area contributed by atoms with E-state index >= 15 is 0 Å². The molecule has 5 heteroatoms. The molecule has 3 N–H and O–H groups in total. The van der Waals surface area contributed by atoms with Crippen molar-refractivity contribution in [2.75, 3.05) is 6.54 Å². The molecule has 18 heavy (non-hydrogen) atoms. The van der Waals surface area contributed by atoms with Gasteiger partial charge in [-0.25, -0.2) is 0 Å². The SMILES string of the molecule is CC(C)NC(=O)CCNCc1cccc(Br)c1O. The van der Waals surface area contributed by atoms with Crippen LogP contribution in [0.1, 0.15) is 25.8 Å². The van der Waals surface area contributed by atoms with E-state index in [-0.39, 0.29) is 17.7 Å². The standard InChI is InChI=1S/C13H19BrN2O2/c1-9(2)16-12(17)6-7-15-8-10-4-3-5-11(14)13(10)18/h3-5,9,15,18H,6-8H2,1-2H3,(H,16,17). The van der Waals surface area contributed by atoms with Gasteiger partial charge in [0.2, 0.25) is 5.91 Å². The molecule has 0 unspecified atom stereocenters. The van der Waals surface area contributed by atoms with Crippen LogP contribution in [0, 0.1) is 0 Å². The number of nitrogens with one attached hydrogen (secondary N) is 2. The topological polar surface area (TPSA) is 61.4 Å². The molecule has 1 amide bonds. The molecule has 0 aliphatic heterocycles. The second kappa shape index (κ2) is 7.38. The minimum absolute atomic E-state index is 0.0379. The summed E-state index contributed by atoms with van der Waals surface area (Å²) in [5.74, 6) is 0.285. The van der Waals surface area contributed by atoms with Gasteiger partial charge in [0.1, 0.15) is 5.75 Å². The first kappa shape index (κ1) is 15.0. The Kier molecular flexibility index (Phi) is 6.15. The number of halogens is 1. The maximum atomic E-state index is 11.4. The molecule has 1 aromatic rings. The van der Waals surface area contributed by atoms with E-state index in [1.807, 2.05) is 26.0 Å². The monoisotopic (exact) mass is 314 g/mol. The van der Waals surface area contributed by atoms with Crippen LogP contribution in [0.4, 0.5) is 0 Å². The zero-order valence-electron chi connectivity index (χ0n) is 10.7. The Morgan fingerprint density at radius 1 is 1.44 bits per heavy atom. The fourth-order valence-electron chi connectivity index (χ4n) is 1.52. The predicted octanol–water partition coefficient (Wildman–Crippen LogP) is 2.16. The van der Waals surface area contributed by atoms with Crippen molar-refractivity contribution in [1.29, 1.82) is 0 Å². The molecule has 0 bridgehead atoms. The summed E-state index contributed by atoms with van der Waals surface area (Å²) in [5, 5.41) is 15.7. The van der Waals surface area contributed by atoms with Crippen LogP contribution in [-0.2, 0) is 11.3 Å². The Bertz CT molecular complexity index is 408. The first-order valence-electron chi connectivity index (χ1n) is 5.97. The van der Waals surface area contributed by atoms with Crippen LogP contribution >= 0.6 is 15.9 Å². The van der Waals surface area contributed by atoms with Crippen molar-refractivity contribution < 1.29 is 9.90 Å². The lowest BCUT2D eigenvalue weighted by atomic mass is 10.2. The van der Waals surface area contributed by atoms with Gasteiger partial charge in [0.25, 0.3) is 0 Å². The van der Waals surface area contributed by atoms with E-state index in [4.69, 9.17) is 0 Å². The van der Waals surface area contributed by atoms with E-state index in [0.717, 1.165) is 5.56 Å². The minimum atomic E-state index is 0.0379. The van der Waals surface area contributed by atoms with Crippen molar-refractivity contribution >= 4 is 21.8 Å². The smallest absolute Gasteiger partial charge is 0.221 e. The van der Waals surface area contributed by atoms with Crippen LogP contribution in [-0.4, -0.2) is 23.6 Å². The average molecular weight is 315 g/mol. The number of carbonyl (C=O) groups is 1. The van der Waals surface area contributed by atoms with E-state index in [0.29, 0.717) is 24.0 Å². The van der Waals surface area contributed by atoms with Gasteiger partial charge < -0.3 is 15.7 Å². The summed E-state index contributed by atoms with van der Waals surface area (Å²) in [4.78, 5) is 11.4. The third kappa shape index (κ3) is 5.06. The maximum absolute atomic E-state index is 11.4. The summed E-state index contributed by atoms with van der Waals surface area (Å²) >= 11 is 3.26. The molecule has 0 aliphatic rings. The lowest BCUT2D eigenvalue weighted by Crippen LogP contribution is -2.32. The van der Waals surface area contributed by atoms with Crippen molar-refractivity contribution in [3.05, 3.63) is 28.2 Å². The number of para-hydroxylation sites is 1. The molecule has 100 valence electrons. The van der Waals surface area contributed by atoms with Gasteiger partial charge in [-0.2, -0.15) is 0 Å². The van der Waals surface area contributed by atoms with Crippen molar-refractivity contribution in [2.45, 2.75) is 32.9 Å². The van der Waals surface area contributed by atoms with Gasteiger partial charge in [0.05, 0.1) is 4.47 Å². The highest BCUT2D eigenvalue weighted by Gasteiger charge is 2.05. The lowest BCUT2D eigenvalue weighted by Gasteiger charge is -2.10. The minimum Gasteiger partial charge on any atom is -0.506 e. The van der Waals surface area contributed by atoms with Crippen LogP contribution in [0.5, 0.6) is 5.75 Å². The molecule has 0 spiro atoms. The largest absolute Gasteiger partial charge is 0.506 e. The second-order valence-corrected chi connectivity index (χ2v) is 5.25. The third-order valence-corrected chi connectivity index (χ3v) is 3.00. The van der Waals surface area contributed by atoms with Gasteiger partial charge >= 0.3 is 0 Å². The number of hydrogen-bond acceptors (Lipinski definition) is 3. The van der Waals surface area contributed by atoms with Gasteiger partial charge in [-0.1, -0.05) is 12.1 Å². The maximum Gasteiger partial charge on any atom is 0.221 e. The Morgan fingerprint density at radius 2 is 2.17 bits per heavy atom.